The van der Waals surface area contributed by atoms with Crippen LogP contribution in [0.15, 0.2) is 18.5 Å². The zero-order chi connectivity index (χ0) is 13.2. The number of pyridine rings is 1. The minimum absolute atomic E-state index is 0.0206. The summed E-state index contributed by atoms with van der Waals surface area (Å²) in [5.74, 6) is 0.0206. The van der Waals surface area contributed by atoms with Gasteiger partial charge in [0.05, 0.1) is 5.56 Å². The van der Waals surface area contributed by atoms with Gasteiger partial charge in [0, 0.05) is 37.2 Å². The second-order valence-corrected chi connectivity index (χ2v) is 5.40. The molecule has 2 aliphatic rings. The average molecular weight is 260 g/mol. The second kappa shape index (κ2) is 5.17. The van der Waals surface area contributed by atoms with Gasteiger partial charge in [-0.15, -0.1) is 0 Å². The fraction of sp³-hybridized carbons (Fsp3) is 0.571. The number of hydrogen-bond donors (Lipinski definition) is 1. The van der Waals surface area contributed by atoms with E-state index in [4.69, 9.17) is 5.73 Å². The molecule has 0 radical (unpaired) electrons. The molecule has 1 aromatic heterocycles. The lowest BCUT2D eigenvalue weighted by Gasteiger charge is -2.23. The van der Waals surface area contributed by atoms with Crippen LogP contribution in [0.4, 0.5) is 5.69 Å². The number of carbonyl (C=O) groups is 1. The molecule has 0 aliphatic carbocycles. The summed E-state index contributed by atoms with van der Waals surface area (Å²) in [6, 6.07) is 2.21. The number of rotatable bonds is 2. The third kappa shape index (κ3) is 2.42. The number of aromatic nitrogens is 1. The van der Waals surface area contributed by atoms with Crippen molar-refractivity contribution in [2.75, 3.05) is 31.9 Å². The minimum Gasteiger partial charge on any atom is -0.398 e. The Balaban J connectivity index is 1.67. The highest BCUT2D eigenvalue weighted by molar-refractivity contribution is 5.98. The van der Waals surface area contributed by atoms with Crippen molar-refractivity contribution in [1.29, 1.82) is 0 Å². The Morgan fingerprint density at radius 1 is 1.32 bits per heavy atom. The van der Waals surface area contributed by atoms with Gasteiger partial charge >= 0.3 is 0 Å². The van der Waals surface area contributed by atoms with E-state index in [0.29, 0.717) is 17.3 Å². The molecule has 19 heavy (non-hydrogen) atoms. The Labute approximate surface area is 113 Å². The summed E-state index contributed by atoms with van der Waals surface area (Å²) in [7, 11) is 0. The van der Waals surface area contributed by atoms with Gasteiger partial charge in [-0.05, 0) is 38.4 Å². The third-order valence-electron chi connectivity index (χ3n) is 4.19. The van der Waals surface area contributed by atoms with Crippen LogP contribution < -0.4 is 5.73 Å². The Bertz CT molecular complexity index is 470. The van der Waals surface area contributed by atoms with Crippen molar-refractivity contribution in [3.05, 3.63) is 24.0 Å². The largest absolute Gasteiger partial charge is 0.398 e. The molecular weight excluding hydrogens is 240 g/mol. The monoisotopic (exact) mass is 260 g/mol. The van der Waals surface area contributed by atoms with Crippen LogP contribution in [0, 0.1) is 0 Å². The van der Waals surface area contributed by atoms with Gasteiger partial charge in [0.1, 0.15) is 0 Å². The van der Waals surface area contributed by atoms with Crippen molar-refractivity contribution >= 4 is 11.6 Å². The van der Waals surface area contributed by atoms with Crippen LogP contribution in [0.1, 0.15) is 29.6 Å². The predicted octanol–water partition coefficient (Wildman–Crippen LogP) is 0.974. The van der Waals surface area contributed by atoms with Crippen molar-refractivity contribution in [2.45, 2.75) is 25.3 Å². The number of amides is 1. The Hall–Kier alpha value is -1.62. The van der Waals surface area contributed by atoms with E-state index in [-0.39, 0.29) is 5.91 Å². The fourth-order valence-electron chi connectivity index (χ4n) is 3.09. The summed E-state index contributed by atoms with van der Waals surface area (Å²) < 4.78 is 0. The van der Waals surface area contributed by atoms with Gasteiger partial charge in [-0.25, -0.2) is 0 Å². The molecule has 1 unspecified atom stereocenters. The van der Waals surface area contributed by atoms with Gasteiger partial charge in [-0.3, -0.25) is 14.7 Å². The number of likely N-dealkylation sites (tertiary alicyclic amines) is 2. The van der Waals surface area contributed by atoms with Crippen LogP contribution >= 0.6 is 0 Å². The van der Waals surface area contributed by atoms with Crippen LogP contribution in [0.2, 0.25) is 0 Å². The summed E-state index contributed by atoms with van der Waals surface area (Å²) in [4.78, 5) is 20.8. The van der Waals surface area contributed by atoms with Gasteiger partial charge in [0.15, 0.2) is 0 Å². The minimum atomic E-state index is 0.0206. The molecule has 0 spiro atoms. The van der Waals surface area contributed by atoms with Crippen molar-refractivity contribution in [3.8, 4) is 0 Å². The standard InChI is InChI=1S/C14H20N4O/c15-13-3-5-16-9-12(13)14(19)18-8-4-11(10-18)17-6-1-2-7-17/h3,5,9,11H,1-2,4,6-8,10H2,(H2,15,16). The lowest BCUT2D eigenvalue weighted by Crippen LogP contribution is -2.37. The number of nitrogen functional groups attached to an aromatic ring is 1. The molecule has 0 bridgehead atoms. The highest BCUT2D eigenvalue weighted by atomic mass is 16.2. The molecule has 2 N–H and O–H groups in total. The summed E-state index contributed by atoms with van der Waals surface area (Å²) in [6.07, 6.45) is 6.84. The highest BCUT2D eigenvalue weighted by Crippen LogP contribution is 2.22. The molecule has 5 heteroatoms. The maximum absolute atomic E-state index is 12.4. The van der Waals surface area contributed by atoms with Crippen molar-refractivity contribution < 1.29 is 4.79 Å². The molecular formula is C14H20N4O. The maximum Gasteiger partial charge on any atom is 0.257 e. The van der Waals surface area contributed by atoms with E-state index in [1.165, 1.54) is 25.9 Å². The number of nitrogens with two attached hydrogens (primary N) is 1. The van der Waals surface area contributed by atoms with Crippen molar-refractivity contribution in [3.63, 3.8) is 0 Å². The molecule has 2 saturated heterocycles. The lowest BCUT2D eigenvalue weighted by molar-refractivity contribution is 0.0780. The van der Waals surface area contributed by atoms with Crippen LogP contribution in [0.3, 0.4) is 0 Å². The quantitative estimate of drug-likeness (QED) is 0.861. The zero-order valence-electron chi connectivity index (χ0n) is 11.1. The topological polar surface area (TPSA) is 62.5 Å². The Morgan fingerprint density at radius 3 is 2.84 bits per heavy atom. The fourth-order valence-corrected chi connectivity index (χ4v) is 3.09. The third-order valence-corrected chi connectivity index (χ3v) is 4.19. The first kappa shape index (κ1) is 12.4. The van der Waals surface area contributed by atoms with Crippen molar-refractivity contribution in [2.24, 2.45) is 0 Å². The first-order valence-corrected chi connectivity index (χ1v) is 6.98. The Morgan fingerprint density at radius 2 is 2.11 bits per heavy atom. The molecule has 0 aromatic carbocycles. The van der Waals surface area contributed by atoms with Gasteiger partial charge in [0.25, 0.3) is 5.91 Å². The normalized spacial score (nSPS) is 24.0. The highest BCUT2D eigenvalue weighted by Gasteiger charge is 2.32. The number of hydrogen-bond acceptors (Lipinski definition) is 4. The molecule has 2 aliphatic heterocycles. The maximum atomic E-state index is 12.4. The average Bonchev–Trinajstić information content (AvgIpc) is 3.09. The number of carbonyl (C=O) groups excluding carboxylic acids is 1. The second-order valence-electron chi connectivity index (χ2n) is 5.40. The molecule has 0 saturated carbocycles. The molecule has 1 atom stereocenters. The lowest BCUT2D eigenvalue weighted by atomic mass is 10.2. The van der Waals surface area contributed by atoms with Crippen LogP contribution in [-0.2, 0) is 0 Å². The number of anilines is 1. The molecule has 5 nitrogen and oxygen atoms in total. The molecule has 1 aromatic rings. The van der Waals surface area contributed by atoms with Crippen LogP contribution in [-0.4, -0.2) is 52.9 Å². The predicted molar refractivity (Wildman–Crippen MR) is 73.8 cm³/mol. The van der Waals surface area contributed by atoms with E-state index in [1.807, 2.05) is 4.90 Å². The number of nitrogens with zero attached hydrogens (tertiary/aromatic N) is 3. The van der Waals surface area contributed by atoms with Crippen molar-refractivity contribution in [1.82, 2.24) is 14.8 Å². The summed E-state index contributed by atoms with van der Waals surface area (Å²) in [5, 5.41) is 0. The van der Waals surface area contributed by atoms with Crippen LogP contribution in [0.25, 0.3) is 0 Å². The van der Waals surface area contributed by atoms with E-state index >= 15 is 0 Å². The Kier molecular flexibility index (Phi) is 3.38. The summed E-state index contributed by atoms with van der Waals surface area (Å²) >= 11 is 0. The molecule has 102 valence electrons. The zero-order valence-corrected chi connectivity index (χ0v) is 11.1. The smallest absolute Gasteiger partial charge is 0.257 e. The first-order chi connectivity index (χ1) is 9.25. The molecule has 3 rings (SSSR count). The van der Waals surface area contributed by atoms with E-state index in [2.05, 4.69) is 9.88 Å². The van der Waals surface area contributed by atoms with E-state index in [9.17, 15) is 4.79 Å². The van der Waals surface area contributed by atoms with Crippen LogP contribution in [0.5, 0.6) is 0 Å². The molecule has 1 amide bonds. The molecule has 2 fully saturated rings. The van der Waals surface area contributed by atoms with E-state index < -0.39 is 0 Å². The summed E-state index contributed by atoms with van der Waals surface area (Å²) in [5.41, 5.74) is 6.90. The summed E-state index contributed by atoms with van der Waals surface area (Å²) in [6.45, 7) is 4.02. The van der Waals surface area contributed by atoms with E-state index in [1.54, 1.807) is 18.5 Å². The van der Waals surface area contributed by atoms with Gasteiger partial charge < -0.3 is 10.6 Å². The van der Waals surface area contributed by atoms with Gasteiger partial charge in [0.2, 0.25) is 0 Å². The van der Waals surface area contributed by atoms with E-state index in [0.717, 1.165) is 19.5 Å². The van der Waals surface area contributed by atoms with Gasteiger partial charge in [-0.2, -0.15) is 0 Å². The first-order valence-electron chi connectivity index (χ1n) is 6.98. The molecule has 3 heterocycles. The SMILES string of the molecule is Nc1ccncc1C(=O)N1CCC(N2CCCC2)C1. The van der Waals surface area contributed by atoms with Gasteiger partial charge in [-0.1, -0.05) is 0 Å².